The van der Waals surface area contributed by atoms with Gasteiger partial charge in [0.2, 0.25) is 0 Å². The van der Waals surface area contributed by atoms with Crippen LogP contribution in [0, 0.1) is 5.41 Å². The van der Waals surface area contributed by atoms with E-state index in [9.17, 15) is 0 Å². The average Bonchev–Trinajstić information content (AvgIpc) is 1.89. The van der Waals surface area contributed by atoms with Gasteiger partial charge in [0, 0.05) is 5.54 Å². The minimum Gasteiger partial charge on any atom is -0.394 e. The first-order valence-electron chi connectivity index (χ1n) is 3.88. The minimum atomic E-state index is 0.00694. The van der Waals surface area contributed by atoms with Crippen LogP contribution in [0.3, 0.4) is 0 Å². The van der Waals surface area contributed by atoms with E-state index in [0.29, 0.717) is 0 Å². The molecule has 1 saturated carbocycles. The minimum absolute atomic E-state index is 0.00694. The molecular weight excluding hydrogens is 126 g/mol. The molecule has 2 N–H and O–H groups in total. The highest BCUT2D eigenvalue weighted by Gasteiger charge is 2.51. The van der Waals surface area contributed by atoms with Crippen LogP contribution in [0.25, 0.3) is 0 Å². The van der Waals surface area contributed by atoms with Crippen LogP contribution in [-0.4, -0.2) is 24.3 Å². The van der Waals surface area contributed by atoms with E-state index in [1.165, 1.54) is 6.42 Å². The maximum atomic E-state index is 9.11. The van der Waals surface area contributed by atoms with E-state index in [-0.39, 0.29) is 17.6 Å². The molecule has 1 unspecified atom stereocenters. The highest BCUT2D eigenvalue weighted by atomic mass is 16.3. The van der Waals surface area contributed by atoms with Crippen molar-refractivity contribution >= 4 is 0 Å². The van der Waals surface area contributed by atoms with Crippen molar-refractivity contribution in [2.75, 3.05) is 13.7 Å². The summed E-state index contributed by atoms with van der Waals surface area (Å²) >= 11 is 0. The summed E-state index contributed by atoms with van der Waals surface area (Å²) in [6.07, 6.45) is 2.32. The normalized spacial score (nSPS) is 37.2. The fourth-order valence-electron chi connectivity index (χ4n) is 1.76. The van der Waals surface area contributed by atoms with Gasteiger partial charge in [-0.05, 0) is 25.3 Å². The summed E-state index contributed by atoms with van der Waals surface area (Å²) < 4.78 is 0. The molecule has 1 aliphatic rings. The number of hydrogen-bond donors (Lipinski definition) is 2. The largest absolute Gasteiger partial charge is 0.394 e. The Hall–Kier alpha value is -0.0800. The summed E-state index contributed by atoms with van der Waals surface area (Å²) in [5, 5.41) is 12.3. The van der Waals surface area contributed by atoms with Gasteiger partial charge in [0.25, 0.3) is 0 Å². The fraction of sp³-hybridized carbons (Fsp3) is 1.00. The molecule has 2 nitrogen and oxygen atoms in total. The van der Waals surface area contributed by atoms with Gasteiger partial charge in [0.15, 0.2) is 0 Å². The van der Waals surface area contributed by atoms with Gasteiger partial charge in [0.05, 0.1) is 6.61 Å². The van der Waals surface area contributed by atoms with Crippen LogP contribution in [0.2, 0.25) is 0 Å². The Bertz CT molecular complexity index is 122. The number of aliphatic hydroxyl groups excluding tert-OH is 1. The van der Waals surface area contributed by atoms with E-state index in [2.05, 4.69) is 19.2 Å². The lowest BCUT2D eigenvalue weighted by Crippen LogP contribution is -2.64. The zero-order valence-corrected chi connectivity index (χ0v) is 7.07. The molecule has 0 saturated heterocycles. The quantitative estimate of drug-likeness (QED) is 0.598. The van der Waals surface area contributed by atoms with Gasteiger partial charge in [-0.15, -0.1) is 0 Å². The lowest BCUT2D eigenvalue weighted by Gasteiger charge is -2.55. The van der Waals surface area contributed by atoms with E-state index in [0.717, 1.165) is 6.42 Å². The van der Waals surface area contributed by atoms with E-state index in [1.807, 2.05) is 7.05 Å². The van der Waals surface area contributed by atoms with Crippen LogP contribution in [-0.2, 0) is 0 Å². The molecule has 2 heteroatoms. The van der Waals surface area contributed by atoms with E-state index in [4.69, 9.17) is 5.11 Å². The Kier molecular flexibility index (Phi) is 1.77. The summed E-state index contributed by atoms with van der Waals surface area (Å²) in [4.78, 5) is 0. The zero-order chi connectivity index (χ0) is 7.83. The first kappa shape index (κ1) is 8.02. The predicted octanol–water partition coefficient (Wildman–Crippen LogP) is 0.757. The van der Waals surface area contributed by atoms with Crippen LogP contribution in [0.1, 0.15) is 26.7 Å². The van der Waals surface area contributed by atoms with Crippen LogP contribution in [0.15, 0.2) is 0 Å². The van der Waals surface area contributed by atoms with Crippen molar-refractivity contribution < 1.29 is 5.11 Å². The molecule has 0 aromatic carbocycles. The van der Waals surface area contributed by atoms with Crippen LogP contribution in [0.4, 0.5) is 0 Å². The van der Waals surface area contributed by atoms with Gasteiger partial charge >= 0.3 is 0 Å². The van der Waals surface area contributed by atoms with Gasteiger partial charge in [-0.25, -0.2) is 0 Å². The monoisotopic (exact) mass is 143 g/mol. The second-order valence-electron chi connectivity index (χ2n) is 3.87. The Balaban J connectivity index is 2.67. The van der Waals surface area contributed by atoms with Crippen molar-refractivity contribution in [3.63, 3.8) is 0 Å². The Morgan fingerprint density at radius 1 is 1.40 bits per heavy atom. The summed E-state index contributed by atoms with van der Waals surface area (Å²) in [6, 6.07) is 0. The molecule has 0 heterocycles. The Morgan fingerprint density at radius 3 is 2.00 bits per heavy atom. The smallest absolute Gasteiger partial charge is 0.0618 e. The number of rotatable bonds is 2. The third kappa shape index (κ3) is 0.789. The zero-order valence-electron chi connectivity index (χ0n) is 7.07. The van der Waals surface area contributed by atoms with E-state index >= 15 is 0 Å². The molecule has 0 aliphatic heterocycles. The highest BCUT2D eigenvalue weighted by molar-refractivity contribution is 5.07. The summed E-state index contributed by atoms with van der Waals surface area (Å²) in [5.74, 6) is 0. The molecule has 0 radical (unpaired) electrons. The first-order valence-corrected chi connectivity index (χ1v) is 3.88. The molecule has 10 heavy (non-hydrogen) atoms. The third-order valence-electron chi connectivity index (χ3n) is 3.22. The summed E-state index contributed by atoms with van der Waals surface area (Å²) in [5.41, 5.74) is 0.281. The van der Waals surface area contributed by atoms with Crippen molar-refractivity contribution in [2.45, 2.75) is 32.2 Å². The molecule has 1 atom stereocenters. The molecule has 0 spiro atoms. The number of aliphatic hydroxyl groups is 1. The van der Waals surface area contributed by atoms with Crippen molar-refractivity contribution in [3.8, 4) is 0 Å². The van der Waals surface area contributed by atoms with Crippen molar-refractivity contribution in [3.05, 3.63) is 0 Å². The number of likely N-dealkylation sites (N-methyl/N-ethyl adjacent to an activating group) is 1. The third-order valence-corrected chi connectivity index (χ3v) is 3.22. The molecule has 0 aromatic heterocycles. The van der Waals surface area contributed by atoms with Gasteiger partial charge in [0.1, 0.15) is 0 Å². The summed E-state index contributed by atoms with van der Waals surface area (Å²) in [7, 11) is 1.93. The molecular formula is C8H17NO. The van der Waals surface area contributed by atoms with Crippen LogP contribution in [0.5, 0.6) is 0 Å². The second-order valence-corrected chi connectivity index (χ2v) is 3.87. The van der Waals surface area contributed by atoms with Gasteiger partial charge in [-0.1, -0.05) is 13.8 Å². The molecule has 0 amide bonds. The standard InChI is InChI=1S/C8H17NO/c1-7(2)4-5-8(7,6-10)9-3/h9-10H,4-6H2,1-3H3. The highest BCUT2D eigenvalue weighted by Crippen LogP contribution is 2.48. The van der Waals surface area contributed by atoms with E-state index < -0.39 is 0 Å². The molecule has 0 bridgehead atoms. The van der Waals surface area contributed by atoms with Crippen LogP contribution < -0.4 is 5.32 Å². The second kappa shape index (κ2) is 2.21. The average molecular weight is 143 g/mol. The number of hydrogen-bond acceptors (Lipinski definition) is 2. The molecule has 1 rings (SSSR count). The predicted molar refractivity (Wildman–Crippen MR) is 41.9 cm³/mol. The van der Waals surface area contributed by atoms with E-state index in [1.54, 1.807) is 0 Å². The van der Waals surface area contributed by atoms with Gasteiger partial charge in [-0.3, -0.25) is 0 Å². The first-order chi connectivity index (χ1) is 4.58. The SMILES string of the molecule is CNC1(CO)CCC1(C)C. The van der Waals surface area contributed by atoms with Gasteiger partial charge < -0.3 is 10.4 Å². The lowest BCUT2D eigenvalue weighted by atomic mass is 9.57. The lowest BCUT2D eigenvalue weighted by molar-refractivity contribution is -0.0363. The van der Waals surface area contributed by atoms with Gasteiger partial charge in [-0.2, -0.15) is 0 Å². The van der Waals surface area contributed by atoms with Crippen LogP contribution >= 0.6 is 0 Å². The maximum Gasteiger partial charge on any atom is 0.0618 e. The fourth-order valence-corrected chi connectivity index (χ4v) is 1.76. The molecule has 0 aromatic rings. The number of nitrogens with one attached hydrogen (secondary N) is 1. The topological polar surface area (TPSA) is 32.3 Å². The molecule has 1 fully saturated rings. The van der Waals surface area contributed by atoms with Crippen molar-refractivity contribution in [1.29, 1.82) is 0 Å². The van der Waals surface area contributed by atoms with Crippen molar-refractivity contribution in [2.24, 2.45) is 5.41 Å². The summed E-state index contributed by atoms with van der Waals surface area (Å²) in [6.45, 7) is 4.66. The Morgan fingerprint density at radius 2 is 2.00 bits per heavy atom. The Labute approximate surface area is 62.6 Å². The molecule has 60 valence electrons. The maximum absolute atomic E-state index is 9.11. The van der Waals surface area contributed by atoms with Crippen molar-refractivity contribution in [1.82, 2.24) is 5.32 Å². The molecule has 1 aliphatic carbocycles.